The van der Waals surface area contributed by atoms with E-state index in [9.17, 15) is 8.78 Å². The van der Waals surface area contributed by atoms with Crippen molar-refractivity contribution >= 4 is 5.69 Å². The first-order valence-corrected chi connectivity index (χ1v) is 4.71. The van der Waals surface area contributed by atoms with Crippen LogP contribution in [0.15, 0.2) is 18.5 Å². The van der Waals surface area contributed by atoms with Crippen molar-refractivity contribution in [2.45, 2.75) is 0 Å². The van der Waals surface area contributed by atoms with E-state index >= 15 is 0 Å². The maximum absolute atomic E-state index is 13.7. The van der Waals surface area contributed by atoms with Gasteiger partial charge in [-0.3, -0.25) is 4.57 Å². The summed E-state index contributed by atoms with van der Waals surface area (Å²) < 4.78 is 27.8. The Morgan fingerprint density at radius 1 is 1.22 bits per heavy atom. The van der Waals surface area contributed by atoms with E-state index in [0.717, 1.165) is 17.0 Å². The molecule has 0 amide bonds. The molecule has 2 rings (SSSR count). The zero-order valence-corrected chi connectivity index (χ0v) is 8.85. The second-order valence-electron chi connectivity index (χ2n) is 3.33. The second kappa shape index (κ2) is 4.15. The standard InChI is InChI=1S/C11H5F2N5/c12-6-1-2-7(16)11(10(6)13)18-5-17-8(3-14)9(18)4-15/h1-2,5H,16H2. The van der Waals surface area contributed by atoms with Gasteiger partial charge in [0, 0.05) is 0 Å². The quantitative estimate of drug-likeness (QED) is 0.770. The first kappa shape index (κ1) is 11.6. The number of benzene rings is 1. The molecule has 5 nitrogen and oxygen atoms in total. The van der Waals surface area contributed by atoms with Gasteiger partial charge in [-0.15, -0.1) is 0 Å². The van der Waals surface area contributed by atoms with Gasteiger partial charge in [-0.2, -0.15) is 10.5 Å². The van der Waals surface area contributed by atoms with Crippen LogP contribution in [0.1, 0.15) is 11.4 Å². The number of imidazole rings is 1. The molecule has 2 N–H and O–H groups in total. The molecule has 7 heteroatoms. The molecule has 0 unspecified atom stereocenters. The Labute approximate surface area is 100 Å². The summed E-state index contributed by atoms with van der Waals surface area (Å²) in [6, 6.07) is 5.42. The van der Waals surface area contributed by atoms with Crippen LogP contribution in [0.4, 0.5) is 14.5 Å². The van der Waals surface area contributed by atoms with Gasteiger partial charge in [0.05, 0.1) is 5.69 Å². The predicted octanol–water partition coefficient (Wildman–Crippen LogP) is 1.48. The summed E-state index contributed by atoms with van der Waals surface area (Å²) in [5.41, 5.74) is 4.77. The Bertz CT molecular complexity index is 705. The number of hydrogen-bond acceptors (Lipinski definition) is 4. The molecular formula is C11H5F2N5. The molecule has 1 aromatic heterocycles. The lowest BCUT2D eigenvalue weighted by molar-refractivity contribution is 0.505. The minimum absolute atomic E-state index is 0.0627. The van der Waals surface area contributed by atoms with Gasteiger partial charge in [0.25, 0.3) is 0 Å². The van der Waals surface area contributed by atoms with E-state index in [1.54, 1.807) is 12.1 Å². The molecule has 0 spiro atoms. The molecule has 88 valence electrons. The molecule has 2 aromatic rings. The van der Waals surface area contributed by atoms with Gasteiger partial charge in [-0.25, -0.2) is 13.8 Å². The van der Waals surface area contributed by atoms with E-state index in [4.69, 9.17) is 16.3 Å². The highest BCUT2D eigenvalue weighted by atomic mass is 19.2. The van der Waals surface area contributed by atoms with Gasteiger partial charge >= 0.3 is 0 Å². The summed E-state index contributed by atoms with van der Waals surface area (Å²) in [5.74, 6) is -2.30. The predicted molar refractivity (Wildman–Crippen MR) is 57.3 cm³/mol. The van der Waals surface area contributed by atoms with Crippen molar-refractivity contribution in [3.63, 3.8) is 0 Å². The Morgan fingerprint density at radius 2 is 1.94 bits per heavy atom. The largest absolute Gasteiger partial charge is 0.397 e. The third kappa shape index (κ3) is 1.55. The first-order valence-electron chi connectivity index (χ1n) is 4.71. The third-order valence-corrected chi connectivity index (χ3v) is 2.32. The number of hydrogen-bond donors (Lipinski definition) is 1. The van der Waals surface area contributed by atoms with Crippen molar-refractivity contribution in [3.05, 3.63) is 41.5 Å². The maximum Gasteiger partial charge on any atom is 0.184 e. The average Bonchev–Trinajstić information content (AvgIpc) is 2.77. The van der Waals surface area contributed by atoms with E-state index in [0.29, 0.717) is 0 Å². The number of rotatable bonds is 1. The van der Waals surface area contributed by atoms with E-state index in [2.05, 4.69) is 4.98 Å². The SMILES string of the molecule is N#Cc1ncn(-c2c(N)ccc(F)c2F)c1C#N. The van der Waals surface area contributed by atoms with Crippen molar-refractivity contribution in [2.24, 2.45) is 0 Å². The molecule has 0 bridgehead atoms. The summed E-state index contributed by atoms with van der Waals surface area (Å²) in [7, 11) is 0. The number of nitrogen functional groups attached to an aromatic ring is 1. The Hall–Kier alpha value is -2.93. The zero-order valence-electron chi connectivity index (χ0n) is 8.85. The van der Waals surface area contributed by atoms with Crippen molar-refractivity contribution in [2.75, 3.05) is 5.73 Å². The summed E-state index contributed by atoms with van der Waals surface area (Å²) in [5, 5.41) is 17.6. The van der Waals surface area contributed by atoms with Gasteiger partial charge < -0.3 is 5.73 Å². The molecule has 0 aliphatic rings. The van der Waals surface area contributed by atoms with Crippen LogP contribution in [0.2, 0.25) is 0 Å². The summed E-state index contributed by atoms with van der Waals surface area (Å²) >= 11 is 0. The smallest absolute Gasteiger partial charge is 0.184 e. The van der Waals surface area contributed by atoms with E-state index in [1.165, 1.54) is 6.07 Å². The fourth-order valence-electron chi connectivity index (χ4n) is 1.51. The summed E-state index contributed by atoms with van der Waals surface area (Å²) in [6.07, 6.45) is 1.05. The first-order chi connectivity index (χ1) is 8.60. The Kier molecular flexibility index (Phi) is 2.66. The van der Waals surface area contributed by atoms with Crippen molar-refractivity contribution in [3.8, 4) is 17.8 Å². The summed E-state index contributed by atoms with van der Waals surface area (Å²) in [4.78, 5) is 3.63. The molecule has 0 saturated carbocycles. The Balaban J connectivity index is 2.79. The molecule has 0 aliphatic heterocycles. The molecule has 0 saturated heterocycles. The number of nitrogens with two attached hydrogens (primary N) is 1. The number of nitrogens with zero attached hydrogens (tertiary/aromatic N) is 4. The van der Waals surface area contributed by atoms with Crippen molar-refractivity contribution in [1.82, 2.24) is 9.55 Å². The minimum Gasteiger partial charge on any atom is -0.397 e. The molecule has 0 aliphatic carbocycles. The zero-order chi connectivity index (χ0) is 13.3. The molecule has 1 aromatic carbocycles. The van der Waals surface area contributed by atoms with Crippen LogP contribution in [-0.4, -0.2) is 9.55 Å². The van der Waals surface area contributed by atoms with Gasteiger partial charge in [0.15, 0.2) is 23.0 Å². The van der Waals surface area contributed by atoms with Gasteiger partial charge in [0.1, 0.15) is 24.2 Å². The van der Waals surface area contributed by atoms with Crippen molar-refractivity contribution < 1.29 is 8.78 Å². The topological polar surface area (TPSA) is 91.4 Å². The van der Waals surface area contributed by atoms with Crippen LogP contribution in [0.3, 0.4) is 0 Å². The highest BCUT2D eigenvalue weighted by Crippen LogP contribution is 2.25. The van der Waals surface area contributed by atoms with Crippen LogP contribution >= 0.6 is 0 Å². The minimum atomic E-state index is -1.20. The number of halogens is 2. The number of aromatic nitrogens is 2. The monoisotopic (exact) mass is 245 g/mol. The second-order valence-corrected chi connectivity index (χ2v) is 3.33. The fraction of sp³-hybridized carbons (Fsp3) is 0. The normalized spacial score (nSPS) is 9.78. The highest BCUT2D eigenvalue weighted by Gasteiger charge is 2.19. The molecule has 1 heterocycles. The van der Waals surface area contributed by atoms with E-state index in [-0.39, 0.29) is 22.8 Å². The highest BCUT2D eigenvalue weighted by molar-refractivity contribution is 5.61. The van der Waals surface area contributed by atoms with E-state index < -0.39 is 11.6 Å². The van der Waals surface area contributed by atoms with Crippen LogP contribution in [-0.2, 0) is 0 Å². The fourth-order valence-corrected chi connectivity index (χ4v) is 1.51. The van der Waals surface area contributed by atoms with Gasteiger partial charge in [-0.1, -0.05) is 0 Å². The molecular weight excluding hydrogens is 240 g/mol. The van der Waals surface area contributed by atoms with Crippen LogP contribution in [0.25, 0.3) is 5.69 Å². The lowest BCUT2D eigenvalue weighted by Gasteiger charge is -2.09. The number of anilines is 1. The van der Waals surface area contributed by atoms with Crippen LogP contribution in [0.5, 0.6) is 0 Å². The van der Waals surface area contributed by atoms with Gasteiger partial charge in [-0.05, 0) is 12.1 Å². The number of nitriles is 2. The third-order valence-electron chi connectivity index (χ3n) is 2.32. The van der Waals surface area contributed by atoms with Crippen molar-refractivity contribution in [1.29, 1.82) is 10.5 Å². The summed E-state index contributed by atoms with van der Waals surface area (Å²) in [6.45, 7) is 0. The lowest BCUT2D eigenvalue weighted by Crippen LogP contribution is -2.06. The van der Waals surface area contributed by atoms with Gasteiger partial charge in [0.2, 0.25) is 0 Å². The molecule has 0 radical (unpaired) electrons. The molecule has 0 fully saturated rings. The average molecular weight is 245 g/mol. The van der Waals surface area contributed by atoms with E-state index in [1.807, 2.05) is 0 Å². The molecule has 0 atom stereocenters. The van der Waals surface area contributed by atoms with Crippen LogP contribution in [0, 0.1) is 34.3 Å². The lowest BCUT2D eigenvalue weighted by atomic mass is 10.2. The van der Waals surface area contributed by atoms with Crippen LogP contribution < -0.4 is 5.73 Å². The maximum atomic E-state index is 13.7. The Morgan fingerprint density at radius 3 is 2.56 bits per heavy atom. The molecule has 18 heavy (non-hydrogen) atoms.